The highest BCUT2D eigenvalue weighted by molar-refractivity contribution is 6.35. The van der Waals surface area contributed by atoms with Crippen LogP contribution in [0.3, 0.4) is 0 Å². The molecule has 0 unspecified atom stereocenters. The van der Waals surface area contributed by atoms with Gasteiger partial charge in [-0.2, -0.15) is 0 Å². The van der Waals surface area contributed by atoms with Crippen LogP contribution in [-0.2, 0) is 16.0 Å². The number of aromatic nitrogens is 1. The highest BCUT2D eigenvalue weighted by atomic mass is 35.5. The lowest BCUT2D eigenvalue weighted by Gasteiger charge is -2.19. The summed E-state index contributed by atoms with van der Waals surface area (Å²) in [7, 11) is 0. The van der Waals surface area contributed by atoms with Gasteiger partial charge in [0.1, 0.15) is 11.4 Å². The van der Waals surface area contributed by atoms with Gasteiger partial charge in [0.25, 0.3) is 0 Å². The van der Waals surface area contributed by atoms with E-state index in [1.54, 1.807) is 33.0 Å². The molecule has 0 aliphatic heterocycles. The molecule has 1 N–H and O–H groups in total. The summed E-state index contributed by atoms with van der Waals surface area (Å²) in [4.78, 5) is 14.6. The lowest BCUT2D eigenvalue weighted by molar-refractivity contribution is -0.153. The Balaban J connectivity index is 2.27. The summed E-state index contributed by atoms with van der Waals surface area (Å²) in [6.07, 6.45) is 1.48. The summed E-state index contributed by atoms with van der Waals surface area (Å²) >= 11 is 5.97. The Kier molecular flexibility index (Phi) is 3.54. The zero-order valence-electron chi connectivity index (χ0n) is 11.0. The van der Waals surface area contributed by atoms with E-state index in [-0.39, 0.29) is 12.0 Å². The minimum absolute atomic E-state index is 0.111. The van der Waals surface area contributed by atoms with Gasteiger partial charge < -0.3 is 9.72 Å². The normalized spacial score (nSPS) is 11.8. The number of rotatable bonds is 2. The van der Waals surface area contributed by atoms with Crippen molar-refractivity contribution >= 4 is 28.5 Å². The molecule has 0 radical (unpaired) electrons. The first-order chi connectivity index (χ1) is 8.76. The molecule has 0 saturated heterocycles. The molecule has 2 rings (SSSR count). The third-order valence-electron chi connectivity index (χ3n) is 2.55. The van der Waals surface area contributed by atoms with Crippen molar-refractivity contribution in [3.8, 4) is 0 Å². The Hall–Kier alpha value is -1.55. The van der Waals surface area contributed by atoms with Crippen molar-refractivity contribution in [1.82, 2.24) is 4.98 Å². The number of esters is 1. The first-order valence-electron chi connectivity index (χ1n) is 5.93. The van der Waals surface area contributed by atoms with E-state index < -0.39 is 17.4 Å². The lowest BCUT2D eigenvalue weighted by Crippen LogP contribution is -2.25. The predicted octanol–water partition coefficient (Wildman–Crippen LogP) is 3.84. The van der Waals surface area contributed by atoms with Crippen LogP contribution in [0.4, 0.5) is 4.39 Å². The van der Waals surface area contributed by atoms with Gasteiger partial charge >= 0.3 is 5.97 Å². The summed E-state index contributed by atoms with van der Waals surface area (Å²) in [5, 5.41) is 1.20. The molecule has 1 heterocycles. The number of H-pyrrole nitrogens is 1. The molecule has 5 heteroatoms. The minimum atomic E-state index is -0.580. The molecule has 0 atom stereocenters. The van der Waals surface area contributed by atoms with E-state index in [2.05, 4.69) is 4.98 Å². The topological polar surface area (TPSA) is 42.1 Å². The monoisotopic (exact) mass is 283 g/mol. The van der Waals surface area contributed by atoms with Crippen molar-refractivity contribution in [2.24, 2.45) is 0 Å². The Morgan fingerprint density at radius 1 is 1.42 bits per heavy atom. The number of hydrogen-bond acceptors (Lipinski definition) is 2. The van der Waals surface area contributed by atoms with E-state index >= 15 is 0 Å². The number of carbonyl (C=O) groups excluding carboxylic acids is 1. The summed E-state index contributed by atoms with van der Waals surface area (Å²) in [5.41, 5.74) is 0.308. The highest BCUT2D eigenvalue weighted by Gasteiger charge is 2.18. The average molecular weight is 284 g/mol. The van der Waals surface area contributed by atoms with Crippen LogP contribution >= 0.6 is 11.6 Å². The molecule has 0 amide bonds. The van der Waals surface area contributed by atoms with Gasteiger partial charge in [-0.25, -0.2) is 4.39 Å². The van der Waals surface area contributed by atoms with Crippen LogP contribution in [-0.4, -0.2) is 16.6 Å². The van der Waals surface area contributed by atoms with Crippen molar-refractivity contribution in [2.75, 3.05) is 0 Å². The maximum atomic E-state index is 13.9. The molecule has 1 aromatic carbocycles. The van der Waals surface area contributed by atoms with Crippen molar-refractivity contribution < 1.29 is 13.9 Å². The van der Waals surface area contributed by atoms with Crippen LogP contribution in [0.25, 0.3) is 10.9 Å². The fourth-order valence-corrected chi connectivity index (χ4v) is 2.03. The third kappa shape index (κ3) is 3.26. The van der Waals surface area contributed by atoms with E-state index in [0.717, 1.165) is 0 Å². The quantitative estimate of drug-likeness (QED) is 0.851. The van der Waals surface area contributed by atoms with Gasteiger partial charge in [-0.05, 0) is 38.5 Å². The summed E-state index contributed by atoms with van der Waals surface area (Å²) in [6, 6.07) is 2.91. The maximum Gasteiger partial charge on any atom is 0.310 e. The first-order valence-corrected chi connectivity index (χ1v) is 6.31. The van der Waals surface area contributed by atoms with Gasteiger partial charge in [0, 0.05) is 17.1 Å². The van der Waals surface area contributed by atoms with E-state index in [1.807, 2.05) is 0 Å². The minimum Gasteiger partial charge on any atom is -0.460 e. The van der Waals surface area contributed by atoms with Crippen LogP contribution in [0.5, 0.6) is 0 Å². The van der Waals surface area contributed by atoms with Gasteiger partial charge in [0.2, 0.25) is 0 Å². The van der Waals surface area contributed by atoms with Gasteiger partial charge in [-0.1, -0.05) is 11.6 Å². The second-order valence-electron chi connectivity index (χ2n) is 5.39. The van der Waals surface area contributed by atoms with Crippen LogP contribution < -0.4 is 0 Å². The second kappa shape index (κ2) is 4.85. The van der Waals surface area contributed by atoms with E-state index in [1.165, 1.54) is 6.07 Å². The number of aromatic amines is 1. The highest BCUT2D eigenvalue weighted by Crippen LogP contribution is 2.26. The second-order valence-corrected chi connectivity index (χ2v) is 5.80. The SMILES string of the molecule is CC(C)(C)OC(=O)Cc1cc2c(Cl)c[nH]c2cc1F. The van der Waals surface area contributed by atoms with E-state index in [4.69, 9.17) is 16.3 Å². The molecule has 0 aliphatic carbocycles. The van der Waals surface area contributed by atoms with Gasteiger partial charge in [0.05, 0.1) is 11.4 Å². The van der Waals surface area contributed by atoms with Crippen molar-refractivity contribution in [3.63, 3.8) is 0 Å². The van der Waals surface area contributed by atoms with Crippen molar-refractivity contribution in [3.05, 3.63) is 34.7 Å². The Morgan fingerprint density at radius 2 is 2.11 bits per heavy atom. The number of fused-ring (bicyclic) bond motifs is 1. The van der Waals surface area contributed by atoms with Gasteiger partial charge in [0.15, 0.2) is 0 Å². The smallest absolute Gasteiger partial charge is 0.310 e. The number of benzene rings is 1. The molecule has 0 bridgehead atoms. The number of ether oxygens (including phenoxy) is 1. The number of nitrogens with one attached hydrogen (secondary N) is 1. The van der Waals surface area contributed by atoms with Crippen LogP contribution in [0.15, 0.2) is 18.3 Å². The number of carbonyl (C=O) groups is 1. The largest absolute Gasteiger partial charge is 0.460 e. The molecule has 0 fully saturated rings. The summed E-state index contributed by atoms with van der Waals surface area (Å²) in [5.74, 6) is -0.908. The Bertz CT molecular complexity index is 628. The van der Waals surface area contributed by atoms with Crippen LogP contribution in [0.2, 0.25) is 5.02 Å². The van der Waals surface area contributed by atoms with Crippen molar-refractivity contribution in [1.29, 1.82) is 0 Å². The fourth-order valence-electron chi connectivity index (χ4n) is 1.82. The predicted molar refractivity (Wildman–Crippen MR) is 72.8 cm³/mol. The maximum absolute atomic E-state index is 13.9. The molecular formula is C14H15ClFNO2. The summed E-state index contributed by atoms with van der Waals surface area (Å²) < 4.78 is 19.0. The van der Waals surface area contributed by atoms with Crippen molar-refractivity contribution in [2.45, 2.75) is 32.8 Å². The molecule has 102 valence electrons. The van der Waals surface area contributed by atoms with E-state index in [9.17, 15) is 9.18 Å². The standard InChI is InChI=1S/C14H15ClFNO2/c1-14(2,3)19-13(18)5-8-4-9-10(15)7-17-12(9)6-11(8)16/h4,6-7,17H,5H2,1-3H3. The molecule has 0 saturated carbocycles. The van der Waals surface area contributed by atoms with Crippen LogP contribution in [0, 0.1) is 5.82 Å². The Morgan fingerprint density at radius 3 is 2.74 bits per heavy atom. The zero-order chi connectivity index (χ0) is 14.2. The molecule has 3 nitrogen and oxygen atoms in total. The molecule has 0 spiro atoms. The molecule has 19 heavy (non-hydrogen) atoms. The Labute approximate surface area is 115 Å². The number of halogens is 2. The molecule has 0 aliphatic rings. The zero-order valence-corrected chi connectivity index (χ0v) is 11.8. The molecule has 2 aromatic rings. The molecule has 1 aromatic heterocycles. The number of hydrogen-bond donors (Lipinski definition) is 1. The fraction of sp³-hybridized carbons (Fsp3) is 0.357. The van der Waals surface area contributed by atoms with Gasteiger partial charge in [-0.3, -0.25) is 4.79 Å². The lowest BCUT2D eigenvalue weighted by atomic mass is 10.1. The third-order valence-corrected chi connectivity index (χ3v) is 2.87. The summed E-state index contributed by atoms with van der Waals surface area (Å²) in [6.45, 7) is 5.31. The first kappa shape index (κ1) is 13.9. The van der Waals surface area contributed by atoms with E-state index in [0.29, 0.717) is 15.9 Å². The van der Waals surface area contributed by atoms with Crippen LogP contribution in [0.1, 0.15) is 26.3 Å². The average Bonchev–Trinajstić information content (AvgIpc) is 2.58. The van der Waals surface area contributed by atoms with Gasteiger partial charge in [-0.15, -0.1) is 0 Å². The molecular weight excluding hydrogens is 269 g/mol.